The van der Waals surface area contributed by atoms with E-state index in [9.17, 15) is 0 Å². The van der Waals surface area contributed by atoms with Crippen LogP contribution in [0.2, 0.25) is 0 Å². The van der Waals surface area contributed by atoms with Gasteiger partial charge in [-0.2, -0.15) is 0 Å². The van der Waals surface area contributed by atoms with Gasteiger partial charge in [0.1, 0.15) is 22.3 Å². The average Bonchev–Trinajstić information content (AvgIpc) is 3.91. The van der Waals surface area contributed by atoms with Crippen molar-refractivity contribution in [1.82, 2.24) is 0 Å². The monoisotopic (exact) mass is 752 g/mol. The fraction of sp³-hybridized carbons (Fsp3) is 0.0526. The van der Waals surface area contributed by atoms with Crippen LogP contribution in [0.1, 0.15) is 25.0 Å². The van der Waals surface area contributed by atoms with Crippen molar-refractivity contribution in [3.05, 3.63) is 193 Å². The Morgan fingerprint density at radius 2 is 0.847 bits per heavy atom. The summed E-state index contributed by atoms with van der Waals surface area (Å²) in [4.78, 5) is 0. The van der Waals surface area contributed by atoms with Crippen molar-refractivity contribution in [2.45, 2.75) is 19.3 Å². The highest BCUT2D eigenvalue weighted by atomic mass is 16.3. The van der Waals surface area contributed by atoms with Crippen molar-refractivity contribution in [2.24, 2.45) is 0 Å². The Kier molecular flexibility index (Phi) is 6.54. The fourth-order valence-corrected chi connectivity index (χ4v) is 10.5. The Labute approximate surface area is 340 Å². The van der Waals surface area contributed by atoms with Crippen LogP contribution in [0.15, 0.2) is 191 Å². The fourth-order valence-electron chi connectivity index (χ4n) is 10.5. The van der Waals surface area contributed by atoms with Gasteiger partial charge in [-0.15, -0.1) is 0 Å². The van der Waals surface area contributed by atoms with Gasteiger partial charge >= 0.3 is 0 Å². The van der Waals surface area contributed by atoms with Gasteiger partial charge in [-0.3, -0.25) is 0 Å². The van der Waals surface area contributed by atoms with Gasteiger partial charge in [-0.25, -0.2) is 0 Å². The summed E-state index contributed by atoms with van der Waals surface area (Å²) in [6.45, 7) is 4.65. The highest BCUT2D eigenvalue weighted by molar-refractivity contribution is 6.24. The molecule has 0 bridgehead atoms. The van der Waals surface area contributed by atoms with Crippen molar-refractivity contribution in [3.8, 4) is 44.5 Å². The molecule has 1 aliphatic carbocycles. The molecule has 2 nitrogen and oxygen atoms in total. The summed E-state index contributed by atoms with van der Waals surface area (Å²) in [5, 5.41) is 12.0. The predicted octanol–water partition coefficient (Wildman–Crippen LogP) is 16.3. The normalized spacial score (nSPS) is 13.4. The van der Waals surface area contributed by atoms with E-state index in [0.717, 1.165) is 38.7 Å². The molecule has 0 fully saturated rings. The maximum atomic E-state index is 6.81. The minimum absolute atomic E-state index is 0.0884. The molecule has 0 radical (unpaired) electrons. The third-order valence-corrected chi connectivity index (χ3v) is 13.3. The summed E-state index contributed by atoms with van der Waals surface area (Å²) in [6, 6.07) is 66.4. The third kappa shape index (κ3) is 4.52. The van der Waals surface area contributed by atoms with Crippen LogP contribution in [0.3, 0.4) is 0 Å². The smallest absolute Gasteiger partial charge is 0.136 e. The zero-order valence-corrected chi connectivity index (χ0v) is 32.6. The van der Waals surface area contributed by atoms with E-state index < -0.39 is 0 Å². The molecular weight excluding hydrogens is 717 g/mol. The second kappa shape index (κ2) is 11.8. The maximum absolute atomic E-state index is 6.81. The Hall–Kier alpha value is -7.42. The Morgan fingerprint density at radius 1 is 0.305 bits per heavy atom. The molecule has 0 saturated carbocycles. The Bertz CT molecular complexity index is 3690. The average molecular weight is 753 g/mol. The minimum atomic E-state index is -0.0884. The molecule has 59 heavy (non-hydrogen) atoms. The first-order valence-electron chi connectivity index (χ1n) is 20.5. The molecular formula is C57H36O2. The standard InChI is InChI=1S/C57H36O2/c1-57(2)48-21-11-9-14-37(48)45-30-47-52(32-49(45)57)59-53-31-44(36-13-3-4-16-39(36)56(47)53)33-23-25-34(26-24-33)54-40-17-5-7-19-42(40)55(43-20-8-6-18-41(43)54)35-27-28-51-46(29-35)38-15-10-12-22-50(38)58-51/h3-32H,1-2H3. The van der Waals surface area contributed by atoms with Crippen molar-refractivity contribution >= 4 is 76.2 Å². The largest absolute Gasteiger partial charge is 0.456 e. The van der Waals surface area contributed by atoms with Gasteiger partial charge in [-0.1, -0.05) is 159 Å². The molecule has 0 saturated heterocycles. The number of hydrogen-bond acceptors (Lipinski definition) is 2. The summed E-state index contributed by atoms with van der Waals surface area (Å²) in [5.41, 5.74) is 16.1. The van der Waals surface area contributed by atoms with Gasteiger partial charge < -0.3 is 8.83 Å². The van der Waals surface area contributed by atoms with Crippen LogP contribution in [0.4, 0.5) is 0 Å². The summed E-state index contributed by atoms with van der Waals surface area (Å²) < 4.78 is 13.0. The lowest BCUT2D eigenvalue weighted by atomic mass is 9.82. The van der Waals surface area contributed by atoms with E-state index in [0.29, 0.717) is 0 Å². The number of para-hydroxylation sites is 1. The zero-order valence-electron chi connectivity index (χ0n) is 32.6. The molecule has 0 unspecified atom stereocenters. The number of hydrogen-bond donors (Lipinski definition) is 0. The van der Waals surface area contributed by atoms with E-state index >= 15 is 0 Å². The topological polar surface area (TPSA) is 26.3 Å². The van der Waals surface area contributed by atoms with E-state index in [1.54, 1.807) is 0 Å². The van der Waals surface area contributed by atoms with Crippen LogP contribution >= 0.6 is 0 Å². The van der Waals surface area contributed by atoms with Gasteiger partial charge in [-0.05, 0) is 124 Å². The van der Waals surface area contributed by atoms with Crippen LogP contribution in [0.5, 0.6) is 0 Å². The molecule has 1 aliphatic rings. The van der Waals surface area contributed by atoms with Gasteiger partial charge in [0.25, 0.3) is 0 Å². The SMILES string of the molecule is CC1(C)c2ccccc2-c2cc3c(cc21)oc1cc(-c2ccc(-c4c5ccccc5c(-c5ccc6oc7ccccc7c6c5)c5ccccc45)cc2)c2ccccc2c13. The van der Waals surface area contributed by atoms with Gasteiger partial charge in [0.2, 0.25) is 0 Å². The first kappa shape index (κ1) is 32.6. The molecule has 0 spiro atoms. The minimum Gasteiger partial charge on any atom is -0.456 e. The molecule has 276 valence electrons. The molecule has 0 N–H and O–H groups in total. The molecule has 0 aliphatic heterocycles. The van der Waals surface area contributed by atoms with E-state index in [2.05, 4.69) is 184 Å². The van der Waals surface area contributed by atoms with Crippen LogP contribution in [0.25, 0.3) is 121 Å². The highest BCUT2D eigenvalue weighted by Crippen LogP contribution is 2.52. The number of furan rings is 2. The molecule has 12 aromatic rings. The third-order valence-electron chi connectivity index (χ3n) is 13.3. The van der Waals surface area contributed by atoms with Gasteiger partial charge in [0.15, 0.2) is 0 Å². The van der Waals surface area contributed by atoms with Crippen LogP contribution in [0, 0.1) is 0 Å². The Morgan fingerprint density at radius 3 is 1.58 bits per heavy atom. The Balaban J connectivity index is 0.976. The number of fused-ring (bicyclic) bond motifs is 13. The molecule has 10 aromatic carbocycles. The van der Waals surface area contributed by atoms with Gasteiger partial charge in [0, 0.05) is 27.0 Å². The molecule has 13 rings (SSSR count). The number of benzene rings is 10. The van der Waals surface area contributed by atoms with Crippen LogP contribution < -0.4 is 0 Å². The maximum Gasteiger partial charge on any atom is 0.136 e. The lowest BCUT2D eigenvalue weighted by molar-refractivity contribution is 0.647. The lowest BCUT2D eigenvalue weighted by Crippen LogP contribution is -2.14. The second-order valence-corrected chi connectivity index (χ2v) is 16.7. The van der Waals surface area contributed by atoms with Crippen molar-refractivity contribution in [3.63, 3.8) is 0 Å². The van der Waals surface area contributed by atoms with Gasteiger partial charge in [0.05, 0.1) is 0 Å². The van der Waals surface area contributed by atoms with Crippen LogP contribution in [-0.2, 0) is 5.41 Å². The van der Waals surface area contributed by atoms with E-state index in [1.807, 2.05) is 12.1 Å². The van der Waals surface area contributed by atoms with E-state index in [4.69, 9.17) is 8.83 Å². The lowest BCUT2D eigenvalue weighted by Gasteiger charge is -2.21. The molecule has 2 heteroatoms. The van der Waals surface area contributed by atoms with E-state index in [-0.39, 0.29) is 5.41 Å². The molecule has 0 amide bonds. The second-order valence-electron chi connectivity index (χ2n) is 16.7. The van der Waals surface area contributed by atoms with Crippen molar-refractivity contribution in [1.29, 1.82) is 0 Å². The molecule has 2 aromatic heterocycles. The summed E-state index contributed by atoms with van der Waals surface area (Å²) in [5.74, 6) is 0. The van der Waals surface area contributed by atoms with Crippen molar-refractivity contribution < 1.29 is 8.83 Å². The predicted molar refractivity (Wildman–Crippen MR) is 247 cm³/mol. The highest BCUT2D eigenvalue weighted by Gasteiger charge is 2.36. The van der Waals surface area contributed by atoms with Crippen molar-refractivity contribution in [2.75, 3.05) is 0 Å². The zero-order chi connectivity index (χ0) is 39.0. The summed E-state index contributed by atoms with van der Waals surface area (Å²) in [6.07, 6.45) is 0. The molecule has 2 heterocycles. The molecule has 0 atom stereocenters. The quantitative estimate of drug-likeness (QED) is 0.168. The first-order chi connectivity index (χ1) is 29.0. The summed E-state index contributed by atoms with van der Waals surface area (Å²) in [7, 11) is 0. The number of rotatable bonds is 3. The van der Waals surface area contributed by atoms with Crippen LogP contribution in [-0.4, -0.2) is 0 Å². The van der Waals surface area contributed by atoms with E-state index in [1.165, 1.54) is 93.2 Å². The summed E-state index contributed by atoms with van der Waals surface area (Å²) >= 11 is 0. The first-order valence-corrected chi connectivity index (χ1v) is 20.5.